The first-order valence-electron chi connectivity index (χ1n) is 5.84. The summed E-state index contributed by atoms with van der Waals surface area (Å²) in [5.74, 6) is 0.103. The van der Waals surface area contributed by atoms with Gasteiger partial charge in [-0.15, -0.1) is 12.4 Å². The van der Waals surface area contributed by atoms with Gasteiger partial charge in [0.2, 0.25) is 11.8 Å². The summed E-state index contributed by atoms with van der Waals surface area (Å²) in [4.78, 5) is 27.2. The topological polar surface area (TPSA) is 52.7 Å². The van der Waals surface area contributed by atoms with Crippen LogP contribution in [0.15, 0.2) is 0 Å². The fraction of sp³-hybridized carbons (Fsp3) is 0.818. The quantitative estimate of drug-likeness (QED) is 0.706. The van der Waals surface area contributed by atoms with Crippen molar-refractivity contribution in [3.63, 3.8) is 0 Å². The summed E-state index contributed by atoms with van der Waals surface area (Å²) in [5, 5.41) is 3.26. The standard InChI is InChI=1S/C11H19N3O2.ClH/c1-8-6-12-3-4-14(8)11(16)9-5-10(15)13(2)7-9;/h8-9,12H,3-7H2,1-2H3;1H. The van der Waals surface area contributed by atoms with Gasteiger partial charge >= 0.3 is 0 Å². The molecular formula is C11H20ClN3O2. The van der Waals surface area contributed by atoms with E-state index in [0.717, 1.165) is 19.6 Å². The highest BCUT2D eigenvalue weighted by atomic mass is 35.5. The van der Waals surface area contributed by atoms with Crippen LogP contribution in [0, 0.1) is 5.92 Å². The Morgan fingerprint density at radius 1 is 1.47 bits per heavy atom. The normalized spacial score (nSPS) is 29.2. The molecule has 0 aromatic rings. The number of carbonyl (C=O) groups excluding carboxylic acids is 2. The highest BCUT2D eigenvalue weighted by Crippen LogP contribution is 2.20. The largest absolute Gasteiger partial charge is 0.345 e. The molecule has 6 heteroatoms. The molecule has 0 aromatic heterocycles. The van der Waals surface area contributed by atoms with Gasteiger partial charge in [0, 0.05) is 45.7 Å². The molecule has 2 rings (SSSR count). The number of nitrogens with one attached hydrogen (secondary N) is 1. The van der Waals surface area contributed by atoms with Crippen molar-refractivity contribution in [1.82, 2.24) is 15.1 Å². The lowest BCUT2D eigenvalue weighted by Crippen LogP contribution is -2.54. The van der Waals surface area contributed by atoms with Crippen molar-refractivity contribution in [2.24, 2.45) is 5.92 Å². The second kappa shape index (κ2) is 5.69. The van der Waals surface area contributed by atoms with E-state index in [1.807, 2.05) is 11.8 Å². The SMILES string of the molecule is CC1CNCCN1C(=O)C1CC(=O)N(C)C1.Cl. The van der Waals surface area contributed by atoms with Crippen molar-refractivity contribution < 1.29 is 9.59 Å². The third-order valence-corrected chi connectivity index (χ3v) is 3.47. The van der Waals surface area contributed by atoms with E-state index < -0.39 is 0 Å². The van der Waals surface area contributed by atoms with Crippen LogP contribution in [-0.2, 0) is 9.59 Å². The van der Waals surface area contributed by atoms with Gasteiger partial charge in [0.15, 0.2) is 0 Å². The zero-order valence-corrected chi connectivity index (χ0v) is 11.1. The number of nitrogens with zero attached hydrogens (tertiary/aromatic N) is 2. The Morgan fingerprint density at radius 2 is 2.18 bits per heavy atom. The van der Waals surface area contributed by atoms with Gasteiger partial charge in [-0.1, -0.05) is 0 Å². The fourth-order valence-corrected chi connectivity index (χ4v) is 2.43. The second-order valence-electron chi connectivity index (χ2n) is 4.76. The summed E-state index contributed by atoms with van der Waals surface area (Å²) in [7, 11) is 1.76. The first-order valence-corrected chi connectivity index (χ1v) is 5.84. The van der Waals surface area contributed by atoms with Gasteiger partial charge in [0.1, 0.15) is 0 Å². The molecule has 17 heavy (non-hydrogen) atoms. The van der Waals surface area contributed by atoms with Crippen molar-refractivity contribution in [2.75, 3.05) is 33.2 Å². The predicted octanol–water partition coefficient (Wildman–Crippen LogP) is -0.293. The number of piperazine rings is 1. The molecule has 98 valence electrons. The first-order chi connectivity index (χ1) is 7.59. The van der Waals surface area contributed by atoms with Crippen LogP contribution in [0.2, 0.25) is 0 Å². The molecule has 0 spiro atoms. The second-order valence-corrected chi connectivity index (χ2v) is 4.76. The number of carbonyl (C=O) groups is 2. The van der Waals surface area contributed by atoms with E-state index >= 15 is 0 Å². The maximum Gasteiger partial charge on any atom is 0.228 e. The monoisotopic (exact) mass is 261 g/mol. The van der Waals surface area contributed by atoms with E-state index in [-0.39, 0.29) is 36.2 Å². The molecule has 2 heterocycles. The summed E-state index contributed by atoms with van der Waals surface area (Å²) in [5.41, 5.74) is 0. The molecule has 5 nitrogen and oxygen atoms in total. The van der Waals surface area contributed by atoms with Crippen LogP contribution in [0.25, 0.3) is 0 Å². The van der Waals surface area contributed by atoms with Crippen LogP contribution < -0.4 is 5.32 Å². The number of halogens is 1. The molecule has 0 radical (unpaired) electrons. The lowest BCUT2D eigenvalue weighted by atomic mass is 10.1. The van der Waals surface area contributed by atoms with Crippen molar-refractivity contribution >= 4 is 24.2 Å². The van der Waals surface area contributed by atoms with Gasteiger partial charge < -0.3 is 15.1 Å². The summed E-state index contributed by atoms with van der Waals surface area (Å²) in [6.07, 6.45) is 0.381. The van der Waals surface area contributed by atoms with Gasteiger partial charge in [-0.2, -0.15) is 0 Å². The molecule has 0 aliphatic carbocycles. The van der Waals surface area contributed by atoms with Gasteiger partial charge in [-0.05, 0) is 6.92 Å². The molecule has 2 unspecified atom stereocenters. The Hall–Kier alpha value is -0.810. The fourth-order valence-electron chi connectivity index (χ4n) is 2.43. The number of rotatable bonds is 1. The Bertz CT molecular complexity index is 311. The summed E-state index contributed by atoms with van der Waals surface area (Å²) >= 11 is 0. The summed E-state index contributed by atoms with van der Waals surface area (Å²) < 4.78 is 0. The summed E-state index contributed by atoms with van der Waals surface area (Å²) in [6.45, 7) is 5.09. The van der Waals surface area contributed by atoms with Gasteiger partial charge in [0.25, 0.3) is 0 Å². The van der Waals surface area contributed by atoms with E-state index in [1.165, 1.54) is 0 Å². The number of hydrogen-bond donors (Lipinski definition) is 1. The van der Waals surface area contributed by atoms with Crippen LogP contribution in [0.4, 0.5) is 0 Å². The average molecular weight is 262 g/mol. The molecule has 2 fully saturated rings. The third kappa shape index (κ3) is 2.90. The van der Waals surface area contributed by atoms with Crippen molar-refractivity contribution in [2.45, 2.75) is 19.4 Å². The van der Waals surface area contributed by atoms with Crippen LogP contribution >= 0.6 is 12.4 Å². The minimum Gasteiger partial charge on any atom is -0.345 e. The molecule has 2 aliphatic heterocycles. The lowest BCUT2D eigenvalue weighted by molar-refractivity contribution is -0.138. The Kier molecular flexibility index (Phi) is 4.77. The van der Waals surface area contributed by atoms with Crippen molar-refractivity contribution in [3.05, 3.63) is 0 Å². The predicted molar refractivity (Wildman–Crippen MR) is 67.0 cm³/mol. The van der Waals surface area contributed by atoms with E-state index in [4.69, 9.17) is 0 Å². The van der Waals surface area contributed by atoms with E-state index in [2.05, 4.69) is 5.32 Å². The minimum atomic E-state index is -0.127. The van der Waals surface area contributed by atoms with Gasteiger partial charge in [0.05, 0.1) is 5.92 Å². The van der Waals surface area contributed by atoms with Crippen molar-refractivity contribution in [1.29, 1.82) is 0 Å². The van der Waals surface area contributed by atoms with Crippen LogP contribution in [0.3, 0.4) is 0 Å². The number of likely N-dealkylation sites (tertiary alicyclic amines) is 1. The van der Waals surface area contributed by atoms with Crippen LogP contribution in [0.1, 0.15) is 13.3 Å². The maximum absolute atomic E-state index is 12.2. The molecule has 2 aliphatic rings. The molecular weight excluding hydrogens is 242 g/mol. The first kappa shape index (κ1) is 14.3. The highest BCUT2D eigenvalue weighted by molar-refractivity contribution is 5.89. The molecule has 2 amide bonds. The molecule has 2 saturated heterocycles. The lowest BCUT2D eigenvalue weighted by Gasteiger charge is -2.35. The molecule has 0 aromatic carbocycles. The smallest absolute Gasteiger partial charge is 0.228 e. The molecule has 2 atom stereocenters. The zero-order chi connectivity index (χ0) is 11.7. The molecule has 0 saturated carbocycles. The molecule has 0 bridgehead atoms. The molecule has 1 N–H and O–H groups in total. The maximum atomic E-state index is 12.2. The third-order valence-electron chi connectivity index (χ3n) is 3.47. The van der Waals surface area contributed by atoms with Crippen LogP contribution in [0.5, 0.6) is 0 Å². The zero-order valence-electron chi connectivity index (χ0n) is 10.3. The van der Waals surface area contributed by atoms with E-state index in [1.54, 1.807) is 11.9 Å². The minimum absolute atomic E-state index is 0. The highest BCUT2D eigenvalue weighted by Gasteiger charge is 2.36. The van der Waals surface area contributed by atoms with E-state index in [0.29, 0.717) is 13.0 Å². The van der Waals surface area contributed by atoms with Gasteiger partial charge in [-0.25, -0.2) is 0 Å². The number of hydrogen-bond acceptors (Lipinski definition) is 3. The average Bonchev–Trinajstić information content (AvgIpc) is 2.59. The Labute approximate surface area is 108 Å². The van der Waals surface area contributed by atoms with Crippen molar-refractivity contribution in [3.8, 4) is 0 Å². The van der Waals surface area contributed by atoms with Gasteiger partial charge in [-0.3, -0.25) is 9.59 Å². The van der Waals surface area contributed by atoms with Crippen LogP contribution in [-0.4, -0.2) is 60.9 Å². The Balaban J connectivity index is 0.00000144. The Morgan fingerprint density at radius 3 is 2.71 bits per heavy atom. The van der Waals surface area contributed by atoms with E-state index in [9.17, 15) is 9.59 Å². The number of amides is 2. The summed E-state index contributed by atoms with van der Waals surface area (Å²) in [6, 6.07) is 0.238.